The van der Waals surface area contributed by atoms with Crippen LogP contribution in [0.3, 0.4) is 0 Å². The van der Waals surface area contributed by atoms with E-state index in [9.17, 15) is 9.90 Å². The number of carboxylic acid groups (broad SMARTS) is 1. The van der Waals surface area contributed by atoms with Crippen LogP contribution in [0.5, 0.6) is 17.2 Å². The highest BCUT2D eigenvalue weighted by Gasteiger charge is 2.33. The molecule has 1 atom stereocenters. The number of nitrogens with zero attached hydrogens (tertiary/aromatic N) is 1. The van der Waals surface area contributed by atoms with Gasteiger partial charge in [0.15, 0.2) is 0 Å². The molecule has 0 spiro atoms. The number of benzene rings is 2. The molecule has 2 aromatic rings. The summed E-state index contributed by atoms with van der Waals surface area (Å²) in [5.41, 5.74) is 1.86. The number of halogens is 1. The van der Waals surface area contributed by atoms with Gasteiger partial charge in [-0.1, -0.05) is 11.6 Å². The maximum atomic E-state index is 11.4. The average Bonchev–Trinajstić information content (AvgIpc) is 2.74. The smallest absolute Gasteiger partial charge is 0.306 e. The van der Waals surface area contributed by atoms with Gasteiger partial charge >= 0.3 is 5.97 Å². The first-order valence-electron chi connectivity index (χ1n) is 9.50. The summed E-state index contributed by atoms with van der Waals surface area (Å²) in [6, 6.07) is 11.1. The Morgan fingerprint density at radius 3 is 2.28 bits per heavy atom. The zero-order valence-electron chi connectivity index (χ0n) is 16.9. The van der Waals surface area contributed by atoms with Crippen LogP contribution in [-0.4, -0.2) is 50.4 Å². The minimum Gasteiger partial charge on any atom is -0.497 e. The normalized spacial score (nSPS) is 16.3. The van der Waals surface area contributed by atoms with E-state index in [1.165, 1.54) is 0 Å². The van der Waals surface area contributed by atoms with Crippen molar-refractivity contribution >= 4 is 17.6 Å². The minimum absolute atomic E-state index is 0.195. The monoisotopic (exact) mass is 419 g/mol. The Balaban J connectivity index is 2.08. The number of hydrogen-bond donors (Lipinski definition) is 1. The van der Waals surface area contributed by atoms with Gasteiger partial charge in [0.2, 0.25) is 0 Å². The molecular formula is C22H26ClNO5. The quantitative estimate of drug-likeness (QED) is 0.723. The van der Waals surface area contributed by atoms with E-state index in [-0.39, 0.29) is 12.0 Å². The predicted octanol–water partition coefficient (Wildman–Crippen LogP) is 4.25. The molecule has 1 fully saturated rings. The fourth-order valence-corrected chi connectivity index (χ4v) is 4.11. The van der Waals surface area contributed by atoms with E-state index < -0.39 is 5.97 Å². The molecule has 0 aromatic heterocycles. The third-order valence-electron chi connectivity index (χ3n) is 5.47. The van der Waals surface area contributed by atoms with Gasteiger partial charge in [-0.25, -0.2) is 0 Å². The van der Waals surface area contributed by atoms with E-state index in [4.69, 9.17) is 25.8 Å². The first-order valence-corrected chi connectivity index (χ1v) is 9.88. The molecule has 1 saturated heterocycles. The zero-order valence-corrected chi connectivity index (χ0v) is 17.6. The second-order valence-corrected chi connectivity index (χ2v) is 7.48. The number of rotatable bonds is 7. The van der Waals surface area contributed by atoms with Crippen LogP contribution < -0.4 is 14.2 Å². The van der Waals surface area contributed by atoms with Crippen molar-refractivity contribution in [2.24, 2.45) is 5.92 Å². The molecular weight excluding hydrogens is 394 g/mol. The number of aliphatic carboxylic acids is 1. The molecule has 29 heavy (non-hydrogen) atoms. The van der Waals surface area contributed by atoms with Gasteiger partial charge in [-0.2, -0.15) is 0 Å². The highest BCUT2D eigenvalue weighted by Crippen LogP contribution is 2.42. The van der Waals surface area contributed by atoms with E-state index in [1.807, 2.05) is 30.3 Å². The van der Waals surface area contributed by atoms with Gasteiger partial charge in [-0.15, -0.1) is 0 Å². The third kappa shape index (κ3) is 4.60. The minimum atomic E-state index is -0.733. The molecule has 0 aliphatic carbocycles. The Morgan fingerprint density at radius 2 is 1.69 bits per heavy atom. The zero-order chi connectivity index (χ0) is 21.0. The fourth-order valence-electron chi connectivity index (χ4n) is 3.93. The van der Waals surface area contributed by atoms with Crippen LogP contribution in [0.15, 0.2) is 36.4 Å². The number of hydrogen-bond acceptors (Lipinski definition) is 5. The van der Waals surface area contributed by atoms with Crippen LogP contribution >= 0.6 is 11.6 Å². The summed E-state index contributed by atoms with van der Waals surface area (Å²) in [7, 11) is 4.87. The predicted molar refractivity (Wildman–Crippen MR) is 111 cm³/mol. The van der Waals surface area contributed by atoms with E-state index in [2.05, 4.69) is 4.90 Å². The van der Waals surface area contributed by atoms with Crippen molar-refractivity contribution in [1.29, 1.82) is 0 Å². The second kappa shape index (κ2) is 9.37. The summed E-state index contributed by atoms with van der Waals surface area (Å²) in [6.07, 6.45) is 1.18. The van der Waals surface area contributed by atoms with Gasteiger partial charge in [0, 0.05) is 22.2 Å². The maximum absolute atomic E-state index is 11.4. The first kappa shape index (κ1) is 21.3. The van der Waals surface area contributed by atoms with Gasteiger partial charge in [-0.3, -0.25) is 9.69 Å². The molecule has 7 heteroatoms. The number of carbonyl (C=O) groups is 1. The molecule has 1 N–H and O–H groups in total. The highest BCUT2D eigenvalue weighted by atomic mass is 35.5. The molecule has 1 aliphatic rings. The first-order chi connectivity index (χ1) is 14.0. The van der Waals surface area contributed by atoms with Gasteiger partial charge in [0.25, 0.3) is 0 Å². The Kier molecular flexibility index (Phi) is 6.87. The number of likely N-dealkylation sites (tertiary alicyclic amines) is 1. The summed E-state index contributed by atoms with van der Waals surface area (Å²) < 4.78 is 16.6. The largest absolute Gasteiger partial charge is 0.497 e. The van der Waals surface area contributed by atoms with Crippen LogP contribution in [-0.2, 0) is 4.79 Å². The van der Waals surface area contributed by atoms with Crippen molar-refractivity contribution in [1.82, 2.24) is 4.90 Å². The van der Waals surface area contributed by atoms with Crippen molar-refractivity contribution in [3.8, 4) is 17.2 Å². The van der Waals surface area contributed by atoms with Gasteiger partial charge in [-0.05, 0) is 56.3 Å². The lowest BCUT2D eigenvalue weighted by Crippen LogP contribution is -2.39. The molecule has 2 aromatic carbocycles. The van der Waals surface area contributed by atoms with Crippen molar-refractivity contribution in [2.75, 3.05) is 34.4 Å². The van der Waals surface area contributed by atoms with Crippen molar-refractivity contribution < 1.29 is 24.1 Å². The molecule has 3 rings (SSSR count). The summed E-state index contributed by atoms with van der Waals surface area (Å²) in [5, 5.41) is 9.98. The standard InChI is InChI=1S/C22H26ClNO5/c1-27-16-5-6-17(20(13-16)29-3)21(18-12-15(23)4-7-19(18)28-2)24-10-8-14(9-11-24)22(25)26/h4-7,12-14,21H,8-11H2,1-3H3,(H,25,26). The lowest BCUT2D eigenvalue weighted by molar-refractivity contribution is -0.143. The van der Waals surface area contributed by atoms with Crippen molar-refractivity contribution in [3.63, 3.8) is 0 Å². The van der Waals surface area contributed by atoms with E-state index in [0.717, 1.165) is 16.9 Å². The Bertz CT molecular complexity index is 864. The summed E-state index contributed by atoms with van der Waals surface area (Å²) in [6.45, 7) is 1.29. The van der Waals surface area contributed by atoms with Gasteiger partial charge in [0.05, 0.1) is 33.3 Å². The van der Waals surface area contributed by atoms with Gasteiger partial charge in [0.1, 0.15) is 17.2 Å². The third-order valence-corrected chi connectivity index (χ3v) is 5.70. The Morgan fingerprint density at radius 1 is 1.00 bits per heavy atom. The van der Waals surface area contributed by atoms with Crippen LogP contribution in [0.1, 0.15) is 30.0 Å². The number of carboxylic acids is 1. The molecule has 1 aliphatic heterocycles. The van der Waals surface area contributed by atoms with E-state index >= 15 is 0 Å². The average molecular weight is 420 g/mol. The Labute approximate surface area is 175 Å². The Hall–Kier alpha value is -2.44. The van der Waals surface area contributed by atoms with E-state index in [0.29, 0.717) is 42.5 Å². The summed E-state index contributed by atoms with van der Waals surface area (Å²) >= 11 is 6.33. The van der Waals surface area contributed by atoms with Crippen LogP contribution in [0.2, 0.25) is 5.02 Å². The van der Waals surface area contributed by atoms with Crippen LogP contribution in [0.25, 0.3) is 0 Å². The molecule has 0 saturated carbocycles. The molecule has 0 amide bonds. The van der Waals surface area contributed by atoms with Crippen molar-refractivity contribution in [2.45, 2.75) is 18.9 Å². The lowest BCUT2D eigenvalue weighted by Gasteiger charge is -2.38. The molecule has 156 valence electrons. The molecule has 1 heterocycles. The maximum Gasteiger partial charge on any atom is 0.306 e. The molecule has 0 radical (unpaired) electrons. The molecule has 0 bridgehead atoms. The highest BCUT2D eigenvalue weighted by molar-refractivity contribution is 6.30. The molecule has 1 unspecified atom stereocenters. The fraction of sp³-hybridized carbons (Fsp3) is 0.409. The number of ether oxygens (including phenoxy) is 3. The van der Waals surface area contributed by atoms with Gasteiger partial charge < -0.3 is 19.3 Å². The van der Waals surface area contributed by atoms with E-state index in [1.54, 1.807) is 27.4 Å². The number of piperidine rings is 1. The van der Waals surface area contributed by atoms with Crippen LogP contribution in [0.4, 0.5) is 0 Å². The summed E-state index contributed by atoms with van der Waals surface area (Å²) in [4.78, 5) is 13.7. The molecule has 6 nitrogen and oxygen atoms in total. The number of methoxy groups -OCH3 is 3. The van der Waals surface area contributed by atoms with Crippen LogP contribution in [0, 0.1) is 5.92 Å². The second-order valence-electron chi connectivity index (χ2n) is 7.05. The SMILES string of the molecule is COc1ccc(C(c2cc(Cl)ccc2OC)N2CCC(C(=O)O)CC2)c(OC)c1. The lowest BCUT2D eigenvalue weighted by atomic mass is 9.90. The summed E-state index contributed by atoms with van der Waals surface area (Å²) in [5.74, 6) is 1.07. The topological polar surface area (TPSA) is 68.2 Å². The van der Waals surface area contributed by atoms with Crippen molar-refractivity contribution in [3.05, 3.63) is 52.5 Å².